The maximum atomic E-state index is 2.45. The molecular weight excluding hydrogens is 1350 g/mol. The summed E-state index contributed by atoms with van der Waals surface area (Å²) in [5, 5.41) is 10.1. The third-order valence-electron chi connectivity index (χ3n) is 24.7. The number of para-hydroxylation sites is 4. The van der Waals surface area contributed by atoms with E-state index in [2.05, 4.69) is 434 Å². The molecule has 17 aromatic carbocycles. The molecule has 0 bridgehead atoms. The second kappa shape index (κ2) is 25.3. The van der Waals surface area contributed by atoms with Crippen LogP contribution < -0.4 is 0 Å². The van der Waals surface area contributed by atoms with Gasteiger partial charge in [-0.15, -0.1) is 0 Å². The Bertz CT molecular complexity index is 7400. The first-order valence-electron chi connectivity index (χ1n) is 39.1. The summed E-state index contributed by atoms with van der Waals surface area (Å²) >= 11 is 0. The highest BCUT2D eigenvalue weighted by Gasteiger charge is 2.37. The molecule has 0 fully saturated rings. The van der Waals surface area contributed by atoms with Gasteiger partial charge in [-0.2, -0.15) is 0 Å². The van der Waals surface area contributed by atoms with E-state index in [1.165, 1.54) is 204 Å². The molecule has 0 unspecified atom stereocenters. The van der Waals surface area contributed by atoms with Gasteiger partial charge in [-0.1, -0.05) is 295 Å². The van der Waals surface area contributed by atoms with Gasteiger partial charge in [0.15, 0.2) is 0 Å². The molecule has 0 spiro atoms. The summed E-state index contributed by atoms with van der Waals surface area (Å²) in [4.78, 5) is 0. The zero-order chi connectivity index (χ0) is 74.5. The molecular formula is C108H76N4. The number of benzene rings is 17. The number of fused-ring (bicyclic) bond motifs is 18. The Morgan fingerprint density at radius 2 is 0.402 bits per heavy atom. The topological polar surface area (TPSA) is 19.7 Å². The van der Waals surface area contributed by atoms with Crippen LogP contribution in [0, 0.1) is 0 Å². The van der Waals surface area contributed by atoms with Crippen molar-refractivity contribution in [3.8, 4) is 101 Å². The molecule has 0 amide bonds. The van der Waals surface area contributed by atoms with E-state index >= 15 is 0 Å². The van der Waals surface area contributed by atoms with Crippen LogP contribution in [0.3, 0.4) is 0 Å². The van der Waals surface area contributed by atoms with E-state index in [1.54, 1.807) is 0 Å². The second-order valence-corrected chi connectivity index (χ2v) is 31.5. The molecule has 2 aliphatic rings. The lowest BCUT2D eigenvalue weighted by atomic mass is 9.82. The van der Waals surface area contributed by atoms with Gasteiger partial charge in [0.25, 0.3) is 0 Å². The zero-order valence-electron chi connectivity index (χ0n) is 62.7. The van der Waals surface area contributed by atoms with Gasteiger partial charge in [-0.25, -0.2) is 0 Å². The van der Waals surface area contributed by atoms with Crippen molar-refractivity contribution in [2.75, 3.05) is 0 Å². The van der Waals surface area contributed by atoms with Gasteiger partial charge in [0.2, 0.25) is 0 Å². The molecule has 21 aromatic rings. The smallest absolute Gasteiger partial charge is 0.0541 e. The van der Waals surface area contributed by atoms with Crippen LogP contribution in [0.2, 0.25) is 0 Å². The summed E-state index contributed by atoms with van der Waals surface area (Å²) in [6.07, 6.45) is 0. The Kier molecular flexibility index (Phi) is 14.7. The molecule has 0 aliphatic heterocycles. The van der Waals surface area contributed by atoms with Crippen LogP contribution in [0.15, 0.2) is 388 Å². The van der Waals surface area contributed by atoms with Crippen LogP contribution in [0.5, 0.6) is 0 Å². The average Bonchev–Trinajstić information content (AvgIpc) is 1.56. The van der Waals surface area contributed by atoms with Crippen molar-refractivity contribution in [1.82, 2.24) is 18.3 Å². The molecule has 4 heteroatoms. The molecule has 112 heavy (non-hydrogen) atoms. The summed E-state index contributed by atoms with van der Waals surface area (Å²) in [6, 6.07) is 143. The van der Waals surface area contributed by atoms with E-state index in [-0.39, 0.29) is 10.8 Å². The number of nitrogens with zero attached hydrogens (tertiary/aromatic N) is 4. The largest absolute Gasteiger partial charge is 0.309 e. The van der Waals surface area contributed by atoms with Crippen molar-refractivity contribution in [1.29, 1.82) is 0 Å². The fraction of sp³-hybridized carbons (Fsp3) is 0.0556. The van der Waals surface area contributed by atoms with Crippen LogP contribution in [0.25, 0.3) is 188 Å². The SMILES string of the molecule is CC1(C)c2ccccc2-c2ccc(-n3c4ccccc4c4cc(-c5ccc6c(c5)c5ccccc5n6-c5ccc(-c6ccc(-c7ccccc7)cc6)cc5)ccc43)cc21.CC1(C)c2ccccc2-c2ccc(-n3c4ccccc4c4cc(-c5ccc6c(c5)c5ccccc5n6-c5cccc(-c6ccccc6)c5)ccc43)cc21. The maximum Gasteiger partial charge on any atom is 0.0541 e. The van der Waals surface area contributed by atoms with Crippen LogP contribution in [0.1, 0.15) is 49.9 Å². The summed E-state index contributed by atoms with van der Waals surface area (Å²) < 4.78 is 9.72. The van der Waals surface area contributed by atoms with E-state index in [9.17, 15) is 0 Å². The number of aromatic nitrogens is 4. The van der Waals surface area contributed by atoms with E-state index < -0.39 is 0 Å². The molecule has 528 valence electrons. The van der Waals surface area contributed by atoms with Gasteiger partial charge in [-0.05, 0) is 221 Å². The molecule has 0 saturated carbocycles. The molecule has 2 aliphatic carbocycles. The fourth-order valence-corrected chi connectivity index (χ4v) is 19.1. The minimum atomic E-state index is -0.0605. The van der Waals surface area contributed by atoms with Crippen molar-refractivity contribution in [2.45, 2.75) is 38.5 Å². The van der Waals surface area contributed by atoms with Crippen LogP contribution in [-0.4, -0.2) is 18.3 Å². The lowest BCUT2D eigenvalue weighted by Crippen LogP contribution is -2.15. The van der Waals surface area contributed by atoms with E-state index in [0.717, 1.165) is 5.69 Å². The average molecular weight is 1430 g/mol. The summed E-state index contributed by atoms with van der Waals surface area (Å²) in [6.45, 7) is 9.43. The Morgan fingerprint density at radius 1 is 0.152 bits per heavy atom. The quantitative estimate of drug-likeness (QED) is 0.137. The second-order valence-electron chi connectivity index (χ2n) is 31.5. The third kappa shape index (κ3) is 10.1. The molecule has 0 radical (unpaired) electrons. The van der Waals surface area contributed by atoms with Crippen molar-refractivity contribution in [3.63, 3.8) is 0 Å². The molecule has 4 heterocycles. The Hall–Kier alpha value is -14.1. The minimum Gasteiger partial charge on any atom is -0.309 e. The van der Waals surface area contributed by atoms with E-state index in [4.69, 9.17) is 0 Å². The van der Waals surface area contributed by atoms with Gasteiger partial charge in [-0.3, -0.25) is 0 Å². The fourth-order valence-electron chi connectivity index (χ4n) is 19.1. The molecule has 4 nitrogen and oxygen atoms in total. The molecule has 0 N–H and O–H groups in total. The monoisotopic (exact) mass is 1430 g/mol. The lowest BCUT2D eigenvalue weighted by Gasteiger charge is -2.22. The predicted octanol–water partition coefficient (Wildman–Crippen LogP) is 28.7. The van der Waals surface area contributed by atoms with Crippen LogP contribution in [0.4, 0.5) is 0 Å². The lowest BCUT2D eigenvalue weighted by molar-refractivity contribution is 0.660. The van der Waals surface area contributed by atoms with Gasteiger partial charge < -0.3 is 18.3 Å². The first kappa shape index (κ1) is 65.1. The first-order chi connectivity index (χ1) is 55.1. The van der Waals surface area contributed by atoms with Crippen LogP contribution in [-0.2, 0) is 10.8 Å². The normalized spacial score (nSPS) is 13.1. The van der Waals surface area contributed by atoms with Gasteiger partial charge >= 0.3 is 0 Å². The standard InChI is InChI=1S/C57H40N2.C51H36N2/c1-57(2)51-17-9-6-14-45(51)46-31-30-44(36-52(46)57)59-54-19-11-8-16-48(54)50-35-42(27-33-56(50)59)41-26-32-55-49(34-41)47-15-7-10-18-53(47)58(55)43-28-24-40(25-29-43)39-22-20-38(21-23-39)37-12-4-3-5-13-37;1-51(2)45-20-9-6-17-39(45)40-26-25-38(32-46(40)51)53-48-22-11-8-19-42(48)44-31-36(24-28-50(44)53)35-23-27-49-43(30-35)41-18-7-10-21-47(41)52(49)37-16-12-15-34(29-37)33-13-4-3-5-14-33/h3-36H,1-2H3;3-32H,1-2H3. The summed E-state index contributed by atoms with van der Waals surface area (Å²) in [5.41, 5.74) is 37.5. The highest BCUT2D eigenvalue weighted by molar-refractivity contribution is 6.15. The van der Waals surface area contributed by atoms with Crippen molar-refractivity contribution in [3.05, 3.63) is 411 Å². The predicted molar refractivity (Wildman–Crippen MR) is 473 cm³/mol. The summed E-state index contributed by atoms with van der Waals surface area (Å²) in [5.74, 6) is 0. The van der Waals surface area contributed by atoms with Gasteiger partial charge in [0, 0.05) is 76.7 Å². The number of hydrogen-bond acceptors (Lipinski definition) is 0. The van der Waals surface area contributed by atoms with Crippen molar-refractivity contribution >= 4 is 87.2 Å². The maximum absolute atomic E-state index is 2.45. The van der Waals surface area contributed by atoms with Crippen molar-refractivity contribution < 1.29 is 0 Å². The summed E-state index contributed by atoms with van der Waals surface area (Å²) in [7, 11) is 0. The molecule has 0 atom stereocenters. The zero-order valence-corrected chi connectivity index (χ0v) is 62.7. The Labute approximate surface area is 650 Å². The van der Waals surface area contributed by atoms with E-state index in [0.29, 0.717) is 0 Å². The third-order valence-corrected chi connectivity index (χ3v) is 24.7. The minimum absolute atomic E-state index is 0.0552. The van der Waals surface area contributed by atoms with Crippen LogP contribution >= 0.6 is 0 Å². The number of hydrogen-bond donors (Lipinski definition) is 0. The Balaban J connectivity index is 0.000000138. The van der Waals surface area contributed by atoms with Gasteiger partial charge in [0.1, 0.15) is 0 Å². The van der Waals surface area contributed by atoms with E-state index in [1.807, 2.05) is 0 Å². The van der Waals surface area contributed by atoms with Crippen molar-refractivity contribution in [2.24, 2.45) is 0 Å². The van der Waals surface area contributed by atoms with Gasteiger partial charge in [0.05, 0.1) is 44.1 Å². The molecule has 4 aromatic heterocycles. The Morgan fingerprint density at radius 3 is 0.786 bits per heavy atom. The highest BCUT2D eigenvalue weighted by Crippen LogP contribution is 2.52. The molecule has 23 rings (SSSR count). The highest BCUT2D eigenvalue weighted by atomic mass is 15.0. The first-order valence-corrected chi connectivity index (χ1v) is 39.1. The number of rotatable bonds is 9. The molecule has 0 saturated heterocycles.